The average Bonchev–Trinajstić information content (AvgIpc) is 3.05. The molecule has 4 rings (SSSR count). The maximum atomic E-state index is 5.69. The van der Waals surface area contributed by atoms with Gasteiger partial charge in [0.2, 0.25) is 5.88 Å². The van der Waals surface area contributed by atoms with Crippen molar-refractivity contribution in [2.24, 2.45) is 4.99 Å². The number of fused-ring (bicyclic) bond motifs is 2. The van der Waals surface area contributed by atoms with Gasteiger partial charge in [-0.1, -0.05) is 6.07 Å². The number of aromatic nitrogens is 2. The summed E-state index contributed by atoms with van der Waals surface area (Å²) in [6.45, 7) is 1.67. The van der Waals surface area contributed by atoms with Crippen LogP contribution in [0.5, 0.6) is 5.88 Å². The molecule has 0 amide bonds. The minimum Gasteiger partial charge on any atom is -0.475 e. The third-order valence-electron chi connectivity index (χ3n) is 4.04. The molecule has 0 radical (unpaired) electrons. The molecule has 0 fully saturated rings. The zero-order valence-corrected chi connectivity index (χ0v) is 13.9. The van der Waals surface area contributed by atoms with Crippen LogP contribution in [-0.2, 0) is 11.3 Å². The summed E-state index contributed by atoms with van der Waals surface area (Å²) in [6.07, 6.45) is 3.54. The number of anilines is 1. The molecule has 1 aromatic carbocycles. The minimum atomic E-state index is 0.474. The minimum absolute atomic E-state index is 0.474. The van der Waals surface area contributed by atoms with Crippen LogP contribution < -0.4 is 10.1 Å². The van der Waals surface area contributed by atoms with Crippen molar-refractivity contribution in [2.75, 3.05) is 25.6 Å². The van der Waals surface area contributed by atoms with Gasteiger partial charge >= 0.3 is 0 Å². The molecular formula is C19H18N4O2. The quantitative estimate of drug-likeness (QED) is 0.726. The molecule has 3 aromatic rings. The molecule has 126 valence electrons. The molecule has 2 aromatic heterocycles. The lowest BCUT2D eigenvalue weighted by atomic mass is 10.1. The van der Waals surface area contributed by atoms with E-state index in [1.807, 2.05) is 24.3 Å². The van der Waals surface area contributed by atoms with Crippen molar-refractivity contribution in [1.29, 1.82) is 0 Å². The van der Waals surface area contributed by atoms with Gasteiger partial charge in [0.15, 0.2) is 5.84 Å². The van der Waals surface area contributed by atoms with Crippen LogP contribution >= 0.6 is 0 Å². The summed E-state index contributed by atoms with van der Waals surface area (Å²) in [5.41, 5.74) is 3.02. The van der Waals surface area contributed by atoms with Gasteiger partial charge in [-0.3, -0.25) is 9.98 Å². The van der Waals surface area contributed by atoms with E-state index in [4.69, 9.17) is 9.47 Å². The number of ether oxygens (including phenoxy) is 2. The monoisotopic (exact) mass is 334 g/mol. The number of aliphatic imine (C=N–C) groups is 1. The van der Waals surface area contributed by atoms with E-state index in [1.165, 1.54) is 0 Å². The first-order valence-corrected chi connectivity index (χ1v) is 8.11. The number of hydrogen-bond acceptors (Lipinski definition) is 6. The van der Waals surface area contributed by atoms with E-state index < -0.39 is 0 Å². The summed E-state index contributed by atoms with van der Waals surface area (Å²) in [4.78, 5) is 13.3. The highest BCUT2D eigenvalue weighted by molar-refractivity contribution is 6.10. The fraction of sp³-hybridized carbons (Fsp3) is 0.211. The van der Waals surface area contributed by atoms with Crippen molar-refractivity contribution in [3.8, 4) is 5.88 Å². The molecule has 0 bridgehead atoms. The zero-order chi connectivity index (χ0) is 17.1. The van der Waals surface area contributed by atoms with E-state index in [9.17, 15) is 0 Å². The van der Waals surface area contributed by atoms with Gasteiger partial charge in [-0.15, -0.1) is 0 Å². The highest BCUT2D eigenvalue weighted by Gasteiger charge is 2.17. The van der Waals surface area contributed by atoms with Crippen molar-refractivity contribution in [3.63, 3.8) is 0 Å². The molecule has 6 heteroatoms. The first-order valence-electron chi connectivity index (χ1n) is 8.11. The van der Waals surface area contributed by atoms with Crippen LogP contribution in [0, 0.1) is 0 Å². The Labute approximate surface area is 145 Å². The predicted octanol–water partition coefficient (Wildman–Crippen LogP) is 3.03. The van der Waals surface area contributed by atoms with Gasteiger partial charge in [0.1, 0.15) is 12.3 Å². The Balaban J connectivity index is 1.58. The smallest absolute Gasteiger partial charge is 0.221 e. The lowest BCUT2D eigenvalue weighted by Gasteiger charge is -2.10. The van der Waals surface area contributed by atoms with Crippen LogP contribution in [0.3, 0.4) is 0 Å². The number of hydrogen-bond donors (Lipinski definition) is 1. The Morgan fingerprint density at radius 1 is 1.08 bits per heavy atom. The van der Waals surface area contributed by atoms with Crippen LogP contribution in [0.15, 0.2) is 53.8 Å². The van der Waals surface area contributed by atoms with Crippen molar-refractivity contribution in [3.05, 3.63) is 60.0 Å². The highest BCUT2D eigenvalue weighted by Crippen LogP contribution is 2.27. The number of amidine groups is 1. The van der Waals surface area contributed by atoms with Crippen LogP contribution in [-0.4, -0.2) is 36.1 Å². The normalized spacial score (nSPS) is 12.8. The number of pyridine rings is 2. The van der Waals surface area contributed by atoms with E-state index in [1.54, 1.807) is 19.5 Å². The second kappa shape index (κ2) is 6.86. The highest BCUT2D eigenvalue weighted by atomic mass is 16.5. The molecular weight excluding hydrogens is 316 g/mol. The predicted molar refractivity (Wildman–Crippen MR) is 97.2 cm³/mol. The van der Waals surface area contributed by atoms with Crippen LogP contribution in [0.4, 0.5) is 5.69 Å². The van der Waals surface area contributed by atoms with E-state index in [0.717, 1.165) is 33.6 Å². The molecule has 0 aliphatic carbocycles. The van der Waals surface area contributed by atoms with Gasteiger partial charge in [0, 0.05) is 36.1 Å². The first kappa shape index (κ1) is 15.5. The number of rotatable bonds is 5. The van der Waals surface area contributed by atoms with Gasteiger partial charge in [0.25, 0.3) is 0 Å². The van der Waals surface area contributed by atoms with Gasteiger partial charge in [-0.2, -0.15) is 0 Å². The summed E-state index contributed by atoms with van der Waals surface area (Å²) in [5, 5.41) is 5.38. The third-order valence-corrected chi connectivity index (χ3v) is 4.04. The molecule has 0 saturated heterocycles. The summed E-state index contributed by atoms with van der Waals surface area (Å²) >= 11 is 0. The average molecular weight is 334 g/mol. The summed E-state index contributed by atoms with van der Waals surface area (Å²) < 4.78 is 10.7. The summed E-state index contributed by atoms with van der Waals surface area (Å²) in [5.74, 6) is 1.42. The standard InChI is InChI=1S/C19H18N4O2/c1-24-9-10-25-19-16-5-4-15(11-13(16)6-8-21-19)23-18-17-14(12-22-18)3-2-7-20-17/h2-8,11H,9-10,12H2,1H3,(H,22,23). The molecule has 1 aliphatic heterocycles. The largest absolute Gasteiger partial charge is 0.475 e. The second-order valence-corrected chi connectivity index (χ2v) is 5.69. The molecule has 6 nitrogen and oxygen atoms in total. The fourth-order valence-electron chi connectivity index (χ4n) is 2.82. The summed E-state index contributed by atoms with van der Waals surface area (Å²) in [6, 6.07) is 12.0. The topological polar surface area (TPSA) is 68.6 Å². The Hall–Kier alpha value is -2.99. The molecule has 0 atom stereocenters. The Kier molecular flexibility index (Phi) is 4.26. The molecule has 0 spiro atoms. The van der Waals surface area contributed by atoms with E-state index in [2.05, 4.69) is 32.4 Å². The van der Waals surface area contributed by atoms with Gasteiger partial charge < -0.3 is 14.8 Å². The Bertz CT molecular complexity index is 940. The number of nitrogens with zero attached hydrogens (tertiary/aromatic N) is 3. The number of methoxy groups -OCH3 is 1. The molecule has 0 unspecified atom stereocenters. The number of benzene rings is 1. The number of nitrogens with one attached hydrogen (secondary N) is 1. The van der Waals surface area contributed by atoms with Crippen LogP contribution in [0.25, 0.3) is 10.8 Å². The Morgan fingerprint density at radius 2 is 2.04 bits per heavy atom. The first-order chi connectivity index (χ1) is 12.3. The maximum Gasteiger partial charge on any atom is 0.221 e. The van der Waals surface area contributed by atoms with Gasteiger partial charge in [-0.05, 0) is 35.7 Å². The third kappa shape index (κ3) is 3.16. The van der Waals surface area contributed by atoms with Gasteiger partial charge in [0.05, 0.1) is 13.2 Å². The van der Waals surface area contributed by atoms with E-state index in [0.29, 0.717) is 25.6 Å². The van der Waals surface area contributed by atoms with Crippen molar-refractivity contribution in [1.82, 2.24) is 9.97 Å². The SMILES string of the molecule is COCCOc1nccc2cc(NC3=NCc4cccnc43)ccc12. The fourth-order valence-corrected chi connectivity index (χ4v) is 2.82. The van der Waals surface area contributed by atoms with Crippen LogP contribution in [0.2, 0.25) is 0 Å². The lowest BCUT2D eigenvalue weighted by Crippen LogP contribution is -2.13. The van der Waals surface area contributed by atoms with Gasteiger partial charge in [-0.25, -0.2) is 4.98 Å². The molecule has 0 saturated carbocycles. The lowest BCUT2D eigenvalue weighted by molar-refractivity contribution is 0.144. The maximum absolute atomic E-state index is 5.69. The molecule has 3 heterocycles. The molecule has 1 aliphatic rings. The van der Waals surface area contributed by atoms with Crippen LogP contribution in [0.1, 0.15) is 11.3 Å². The van der Waals surface area contributed by atoms with E-state index >= 15 is 0 Å². The molecule has 25 heavy (non-hydrogen) atoms. The van der Waals surface area contributed by atoms with Crippen molar-refractivity contribution < 1.29 is 9.47 Å². The Morgan fingerprint density at radius 3 is 2.96 bits per heavy atom. The van der Waals surface area contributed by atoms with Crippen molar-refractivity contribution in [2.45, 2.75) is 6.54 Å². The van der Waals surface area contributed by atoms with Crippen molar-refractivity contribution >= 4 is 22.3 Å². The summed E-state index contributed by atoms with van der Waals surface area (Å²) in [7, 11) is 1.65. The molecule has 1 N–H and O–H groups in total. The zero-order valence-electron chi connectivity index (χ0n) is 13.9. The second-order valence-electron chi connectivity index (χ2n) is 5.69. The van der Waals surface area contributed by atoms with E-state index in [-0.39, 0.29) is 0 Å².